The minimum atomic E-state index is -0.444. The molecule has 0 saturated heterocycles. The van der Waals surface area contributed by atoms with Crippen molar-refractivity contribution in [2.45, 2.75) is 33.6 Å². The molecule has 0 spiro atoms. The van der Waals surface area contributed by atoms with E-state index >= 15 is 0 Å². The van der Waals surface area contributed by atoms with E-state index in [2.05, 4.69) is 0 Å². The highest BCUT2D eigenvalue weighted by atomic mass is 16.5. The van der Waals surface area contributed by atoms with Gasteiger partial charge in [-0.1, -0.05) is 54.6 Å². The summed E-state index contributed by atoms with van der Waals surface area (Å²) in [7, 11) is 0. The van der Waals surface area contributed by atoms with E-state index in [9.17, 15) is 14.4 Å². The van der Waals surface area contributed by atoms with Crippen molar-refractivity contribution in [1.82, 2.24) is 0 Å². The zero-order valence-corrected chi connectivity index (χ0v) is 18.2. The Balaban J connectivity index is 2.00. The molecule has 6 heteroatoms. The van der Waals surface area contributed by atoms with Gasteiger partial charge in [0, 0.05) is 33.6 Å². The summed E-state index contributed by atoms with van der Waals surface area (Å²) in [6.45, 7) is 4.05. The molecule has 6 nitrogen and oxygen atoms in total. The van der Waals surface area contributed by atoms with Crippen molar-refractivity contribution in [2.24, 2.45) is 0 Å². The Labute approximate surface area is 186 Å². The van der Waals surface area contributed by atoms with Crippen LogP contribution in [0.1, 0.15) is 43.0 Å². The number of hydrogen-bond acceptors (Lipinski definition) is 6. The molecule has 3 rings (SSSR count). The smallest absolute Gasteiger partial charge is 0.308 e. The molecule has 0 aromatic heterocycles. The van der Waals surface area contributed by atoms with Crippen LogP contribution in [0.15, 0.2) is 66.7 Å². The van der Waals surface area contributed by atoms with Crippen LogP contribution in [-0.2, 0) is 27.2 Å². The lowest BCUT2D eigenvalue weighted by atomic mass is 9.96. The molecule has 0 fully saturated rings. The quantitative estimate of drug-likeness (QED) is 0.400. The Morgan fingerprint density at radius 2 is 0.906 bits per heavy atom. The second kappa shape index (κ2) is 10.4. The molecule has 0 atom stereocenters. The highest BCUT2D eigenvalue weighted by Gasteiger charge is 2.17. The molecule has 0 amide bonds. The SMILES string of the molecule is CC(=O)Oc1ccccc1Cc1cccc(Cc2ccccc2OC(C)=O)c1OC(C)=O. The van der Waals surface area contributed by atoms with E-state index in [0.29, 0.717) is 30.1 Å². The largest absolute Gasteiger partial charge is 0.426 e. The standard InChI is InChI=1S/C26H24O6/c1-17(27)30-24-13-6-4-9-20(24)15-22-11-8-12-23(26(22)32-19(3)29)16-21-10-5-7-14-25(21)31-18(2)28/h4-14H,15-16H2,1-3H3. The van der Waals surface area contributed by atoms with Gasteiger partial charge < -0.3 is 14.2 Å². The second-order valence-electron chi connectivity index (χ2n) is 7.26. The van der Waals surface area contributed by atoms with Gasteiger partial charge in [-0.15, -0.1) is 0 Å². The summed E-state index contributed by atoms with van der Waals surface area (Å²) in [5, 5.41) is 0. The number of para-hydroxylation sites is 3. The summed E-state index contributed by atoms with van der Waals surface area (Å²) < 4.78 is 16.3. The van der Waals surface area contributed by atoms with Crippen LogP contribution in [0, 0.1) is 0 Å². The summed E-state index contributed by atoms with van der Waals surface area (Å²) in [5.74, 6) is 0.0937. The first-order chi connectivity index (χ1) is 15.3. The molecule has 3 aromatic rings. The highest BCUT2D eigenvalue weighted by molar-refractivity contribution is 5.72. The lowest BCUT2D eigenvalue weighted by Crippen LogP contribution is -2.09. The first-order valence-corrected chi connectivity index (χ1v) is 10.2. The monoisotopic (exact) mass is 432 g/mol. The van der Waals surface area contributed by atoms with Gasteiger partial charge >= 0.3 is 17.9 Å². The fraction of sp³-hybridized carbons (Fsp3) is 0.192. The van der Waals surface area contributed by atoms with Gasteiger partial charge in [0.2, 0.25) is 0 Å². The molecular formula is C26H24O6. The van der Waals surface area contributed by atoms with Crippen LogP contribution in [0.4, 0.5) is 0 Å². The summed E-state index contributed by atoms with van der Waals surface area (Å²) in [5.41, 5.74) is 3.10. The Hall–Kier alpha value is -3.93. The zero-order valence-electron chi connectivity index (χ0n) is 18.2. The fourth-order valence-corrected chi connectivity index (χ4v) is 3.41. The lowest BCUT2D eigenvalue weighted by Gasteiger charge is -2.16. The number of benzene rings is 3. The third-order valence-corrected chi connectivity index (χ3v) is 4.64. The molecule has 0 N–H and O–H groups in total. The third kappa shape index (κ3) is 6.04. The Morgan fingerprint density at radius 1 is 0.531 bits per heavy atom. The maximum atomic E-state index is 11.9. The van der Waals surface area contributed by atoms with Gasteiger partial charge in [-0.25, -0.2) is 0 Å². The zero-order chi connectivity index (χ0) is 23.1. The van der Waals surface area contributed by atoms with Crippen molar-refractivity contribution in [3.8, 4) is 17.2 Å². The number of esters is 3. The minimum absolute atomic E-state index is 0.394. The van der Waals surface area contributed by atoms with Crippen LogP contribution in [0.25, 0.3) is 0 Å². The van der Waals surface area contributed by atoms with Gasteiger partial charge in [0.1, 0.15) is 17.2 Å². The number of rotatable bonds is 7. The van der Waals surface area contributed by atoms with Gasteiger partial charge in [0.15, 0.2) is 0 Å². The topological polar surface area (TPSA) is 78.9 Å². The molecule has 0 aliphatic rings. The van der Waals surface area contributed by atoms with Gasteiger partial charge in [-0.3, -0.25) is 14.4 Å². The normalized spacial score (nSPS) is 10.3. The fourth-order valence-electron chi connectivity index (χ4n) is 3.41. The van der Waals surface area contributed by atoms with Crippen LogP contribution in [-0.4, -0.2) is 17.9 Å². The molecule has 0 radical (unpaired) electrons. The van der Waals surface area contributed by atoms with E-state index in [0.717, 1.165) is 22.3 Å². The van der Waals surface area contributed by atoms with Gasteiger partial charge in [-0.05, 0) is 34.4 Å². The van der Waals surface area contributed by atoms with Gasteiger partial charge in [0.25, 0.3) is 0 Å². The maximum Gasteiger partial charge on any atom is 0.308 e. The lowest BCUT2D eigenvalue weighted by molar-refractivity contribution is -0.132. The van der Waals surface area contributed by atoms with Crippen LogP contribution in [0.3, 0.4) is 0 Å². The molecule has 164 valence electrons. The predicted molar refractivity (Wildman–Crippen MR) is 119 cm³/mol. The van der Waals surface area contributed by atoms with Crippen LogP contribution >= 0.6 is 0 Å². The number of carbonyl (C=O) groups is 3. The summed E-state index contributed by atoms with van der Waals surface area (Å²) in [6, 6.07) is 20.1. The molecule has 3 aromatic carbocycles. The highest BCUT2D eigenvalue weighted by Crippen LogP contribution is 2.33. The van der Waals surface area contributed by atoms with E-state index in [4.69, 9.17) is 14.2 Å². The van der Waals surface area contributed by atoms with E-state index in [1.165, 1.54) is 20.8 Å². The van der Waals surface area contributed by atoms with Crippen LogP contribution < -0.4 is 14.2 Å². The van der Waals surface area contributed by atoms with Crippen molar-refractivity contribution in [3.05, 3.63) is 89.0 Å². The van der Waals surface area contributed by atoms with E-state index in [-0.39, 0.29) is 0 Å². The third-order valence-electron chi connectivity index (χ3n) is 4.64. The van der Waals surface area contributed by atoms with E-state index in [1.54, 1.807) is 24.3 Å². The first kappa shape index (κ1) is 22.7. The Morgan fingerprint density at radius 3 is 1.31 bits per heavy atom. The predicted octanol–water partition coefficient (Wildman–Crippen LogP) is 4.64. The van der Waals surface area contributed by atoms with Crippen LogP contribution in [0.2, 0.25) is 0 Å². The second-order valence-corrected chi connectivity index (χ2v) is 7.26. The average Bonchev–Trinajstić information content (AvgIpc) is 2.72. The molecule has 32 heavy (non-hydrogen) atoms. The van der Waals surface area contributed by atoms with Crippen LogP contribution in [0.5, 0.6) is 17.2 Å². The molecular weight excluding hydrogens is 408 g/mol. The van der Waals surface area contributed by atoms with Crippen molar-refractivity contribution < 1.29 is 28.6 Å². The summed E-state index contributed by atoms with van der Waals surface area (Å²) in [4.78, 5) is 34.8. The molecule has 0 saturated carbocycles. The minimum Gasteiger partial charge on any atom is -0.426 e. The molecule has 0 unspecified atom stereocenters. The van der Waals surface area contributed by atoms with Crippen molar-refractivity contribution in [1.29, 1.82) is 0 Å². The van der Waals surface area contributed by atoms with Gasteiger partial charge in [-0.2, -0.15) is 0 Å². The summed E-state index contributed by atoms with van der Waals surface area (Å²) in [6.07, 6.45) is 0.789. The molecule has 0 aliphatic carbocycles. The molecule has 0 heterocycles. The van der Waals surface area contributed by atoms with E-state index < -0.39 is 17.9 Å². The van der Waals surface area contributed by atoms with E-state index in [1.807, 2.05) is 42.5 Å². The Bertz CT molecular complexity index is 1070. The molecule has 0 aliphatic heterocycles. The van der Waals surface area contributed by atoms with Crippen molar-refractivity contribution >= 4 is 17.9 Å². The Kier molecular flexibility index (Phi) is 7.39. The molecule has 0 bridgehead atoms. The number of ether oxygens (including phenoxy) is 3. The number of carbonyl (C=O) groups excluding carboxylic acids is 3. The van der Waals surface area contributed by atoms with Crippen molar-refractivity contribution in [3.63, 3.8) is 0 Å². The first-order valence-electron chi connectivity index (χ1n) is 10.2. The number of hydrogen-bond donors (Lipinski definition) is 0. The maximum absolute atomic E-state index is 11.9. The average molecular weight is 432 g/mol. The van der Waals surface area contributed by atoms with Crippen molar-refractivity contribution in [2.75, 3.05) is 0 Å². The summed E-state index contributed by atoms with van der Waals surface area (Å²) >= 11 is 0. The van der Waals surface area contributed by atoms with Gasteiger partial charge in [0.05, 0.1) is 0 Å².